The van der Waals surface area contributed by atoms with Crippen LogP contribution in [0.25, 0.3) is 10.1 Å². The van der Waals surface area contributed by atoms with Gasteiger partial charge in [-0.3, -0.25) is 8.75 Å². The van der Waals surface area contributed by atoms with Gasteiger partial charge in [0.25, 0.3) is 5.56 Å². The van der Waals surface area contributed by atoms with Gasteiger partial charge in [0.15, 0.2) is 0 Å². The summed E-state index contributed by atoms with van der Waals surface area (Å²) in [6.45, 7) is 3.51. The van der Waals surface area contributed by atoms with Crippen LogP contribution in [0.2, 0.25) is 0 Å². The summed E-state index contributed by atoms with van der Waals surface area (Å²) in [7, 11) is 0. The number of benzene rings is 2. The molecule has 0 spiro atoms. The Hall–Kier alpha value is -2.07. The monoisotopic (exact) mass is 313 g/mol. The Balaban J connectivity index is 1.74. The molecule has 1 aromatic heterocycles. The first kappa shape index (κ1) is 14.9. The van der Waals surface area contributed by atoms with E-state index >= 15 is 0 Å². The number of hydrogen-bond acceptors (Lipinski definition) is 3. The zero-order chi connectivity index (χ0) is 15.4. The molecule has 0 saturated carbocycles. The molecule has 0 radical (unpaired) electrons. The zero-order valence-electron chi connectivity index (χ0n) is 12.6. The Morgan fingerprint density at radius 1 is 1.09 bits per heavy atom. The molecule has 114 valence electrons. The van der Waals surface area contributed by atoms with Gasteiger partial charge in [-0.25, -0.2) is 0 Å². The van der Waals surface area contributed by atoms with Gasteiger partial charge in [-0.15, -0.1) is 0 Å². The van der Waals surface area contributed by atoms with Crippen molar-refractivity contribution in [2.75, 3.05) is 6.61 Å². The Bertz CT molecular complexity index is 802. The Morgan fingerprint density at radius 2 is 1.86 bits per heavy atom. The first-order valence-electron chi connectivity index (χ1n) is 7.58. The number of aromatic nitrogens is 1. The summed E-state index contributed by atoms with van der Waals surface area (Å²) in [4.78, 5) is 12.3. The summed E-state index contributed by atoms with van der Waals surface area (Å²) in [5, 5.41) is 0.798. The summed E-state index contributed by atoms with van der Waals surface area (Å²) in [6, 6.07) is 15.7. The highest BCUT2D eigenvalue weighted by Gasteiger charge is 2.07. The second-order valence-electron chi connectivity index (χ2n) is 5.28. The molecule has 0 aliphatic heterocycles. The highest BCUT2D eigenvalue weighted by molar-refractivity contribution is 7.13. The molecule has 0 aliphatic carbocycles. The molecular weight excluding hydrogens is 294 g/mol. The molecule has 0 unspecified atom stereocenters. The number of hydrogen-bond donors (Lipinski definition) is 0. The van der Waals surface area contributed by atoms with Gasteiger partial charge in [-0.05, 0) is 36.2 Å². The highest BCUT2D eigenvalue weighted by atomic mass is 32.1. The largest absolute Gasteiger partial charge is 0.494 e. The van der Waals surface area contributed by atoms with Crippen molar-refractivity contribution in [2.24, 2.45) is 0 Å². The Labute approximate surface area is 133 Å². The van der Waals surface area contributed by atoms with E-state index in [0.29, 0.717) is 6.54 Å². The molecule has 0 N–H and O–H groups in total. The van der Waals surface area contributed by atoms with Crippen LogP contribution >= 0.6 is 11.5 Å². The van der Waals surface area contributed by atoms with Gasteiger partial charge >= 0.3 is 0 Å². The van der Waals surface area contributed by atoms with Crippen LogP contribution in [0.15, 0.2) is 53.3 Å². The average Bonchev–Trinajstić information content (AvgIpc) is 2.86. The van der Waals surface area contributed by atoms with E-state index < -0.39 is 0 Å². The maximum atomic E-state index is 12.3. The summed E-state index contributed by atoms with van der Waals surface area (Å²) < 4.78 is 8.49. The predicted molar refractivity (Wildman–Crippen MR) is 92.0 cm³/mol. The SMILES string of the molecule is CCCCOc1ccc(Cn2sc3ccccc3c2=O)cc1. The first-order chi connectivity index (χ1) is 10.8. The van der Waals surface area contributed by atoms with Crippen LogP contribution in [0.1, 0.15) is 25.3 Å². The summed E-state index contributed by atoms with van der Waals surface area (Å²) >= 11 is 1.51. The molecule has 3 rings (SSSR count). The van der Waals surface area contributed by atoms with Gasteiger partial charge in [0.2, 0.25) is 0 Å². The molecule has 0 atom stereocenters. The quantitative estimate of drug-likeness (QED) is 0.636. The smallest absolute Gasteiger partial charge is 0.268 e. The molecule has 22 heavy (non-hydrogen) atoms. The van der Waals surface area contributed by atoms with E-state index in [9.17, 15) is 4.79 Å². The number of unbranched alkanes of at least 4 members (excludes halogenated alkanes) is 1. The molecule has 0 fully saturated rings. The van der Waals surface area contributed by atoms with E-state index in [1.165, 1.54) is 11.5 Å². The van der Waals surface area contributed by atoms with Crippen molar-refractivity contribution in [1.29, 1.82) is 0 Å². The van der Waals surface area contributed by atoms with Crippen molar-refractivity contribution < 1.29 is 4.74 Å². The highest BCUT2D eigenvalue weighted by Crippen LogP contribution is 2.18. The van der Waals surface area contributed by atoms with Crippen LogP contribution < -0.4 is 10.3 Å². The van der Waals surface area contributed by atoms with Crippen LogP contribution in [0.3, 0.4) is 0 Å². The topological polar surface area (TPSA) is 31.2 Å². The van der Waals surface area contributed by atoms with Crippen molar-refractivity contribution in [3.63, 3.8) is 0 Å². The first-order valence-corrected chi connectivity index (χ1v) is 8.36. The molecule has 3 nitrogen and oxygen atoms in total. The number of ether oxygens (including phenoxy) is 1. The average molecular weight is 313 g/mol. The van der Waals surface area contributed by atoms with Crippen molar-refractivity contribution >= 4 is 21.6 Å². The van der Waals surface area contributed by atoms with E-state index in [-0.39, 0.29) is 5.56 Å². The van der Waals surface area contributed by atoms with Crippen LogP contribution in [0, 0.1) is 0 Å². The minimum atomic E-state index is 0.0869. The lowest BCUT2D eigenvalue weighted by Crippen LogP contribution is -2.13. The van der Waals surface area contributed by atoms with Crippen LogP contribution in [-0.4, -0.2) is 10.6 Å². The van der Waals surface area contributed by atoms with E-state index in [4.69, 9.17) is 4.74 Å². The number of rotatable bonds is 6. The predicted octanol–water partition coefficient (Wildman–Crippen LogP) is 4.29. The van der Waals surface area contributed by atoms with Crippen LogP contribution in [0.4, 0.5) is 0 Å². The molecule has 4 heteroatoms. The Morgan fingerprint density at radius 3 is 2.59 bits per heavy atom. The lowest BCUT2D eigenvalue weighted by Gasteiger charge is -2.06. The third kappa shape index (κ3) is 3.22. The van der Waals surface area contributed by atoms with Crippen LogP contribution in [0.5, 0.6) is 5.75 Å². The fourth-order valence-corrected chi connectivity index (χ4v) is 3.34. The third-order valence-corrected chi connectivity index (χ3v) is 4.64. The van der Waals surface area contributed by atoms with Crippen molar-refractivity contribution in [2.45, 2.75) is 26.3 Å². The van der Waals surface area contributed by atoms with Gasteiger partial charge < -0.3 is 4.74 Å². The van der Waals surface area contributed by atoms with Gasteiger partial charge in [0, 0.05) is 0 Å². The molecule has 0 bridgehead atoms. The second kappa shape index (κ2) is 6.79. The normalized spacial score (nSPS) is 11.0. The fourth-order valence-electron chi connectivity index (χ4n) is 2.31. The van der Waals surface area contributed by atoms with E-state index in [2.05, 4.69) is 6.92 Å². The lowest BCUT2D eigenvalue weighted by atomic mass is 10.2. The third-order valence-electron chi connectivity index (χ3n) is 3.57. The van der Waals surface area contributed by atoms with Crippen molar-refractivity contribution in [3.05, 3.63) is 64.4 Å². The minimum Gasteiger partial charge on any atom is -0.494 e. The summed E-state index contributed by atoms with van der Waals surface area (Å²) in [5.41, 5.74) is 1.19. The number of fused-ring (bicyclic) bond motifs is 1. The molecule has 3 aromatic rings. The molecule has 0 saturated heterocycles. The van der Waals surface area contributed by atoms with Gasteiger partial charge in [-0.1, -0.05) is 49.1 Å². The standard InChI is InChI=1S/C18H19NO2S/c1-2-3-12-21-15-10-8-14(9-11-15)13-19-18(20)16-6-4-5-7-17(16)22-19/h4-11H,2-3,12-13H2,1H3. The maximum absolute atomic E-state index is 12.3. The Kier molecular flexibility index (Phi) is 4.59. The van der Waals surface area contributed by atoms with E-state index in [0.717, 1.165) is 40.8 Å². The molecule has 1 heterocycles. The summed E-state index contributed by atoms with van der Waals surface area (Å²) in [6.07, 6.45) is 2.20. The number of nitrogens with zero attached hydrogens (tertiary/aromatic N) is 1. The maximum Gasteiger partial charge on any atom is 0.268 e. The second-order valence-corrected chi connectivity index (χ2v) is 6.34. The van der Waals surface area contributed by atoms with Crippen molar-refractivity contribution in [3.8, 4) is 5.75 Å². The van der Waals surface area contributed by atoms with Gasteiger partial charge in [-0.2, -0.15) is 0 Å². The van der Waals surface area contributed by atoms with E-state index in [1.807, 2.05) is 48.5 Å². The van der Waals surface area contributed by atoms with Crippen LogP contribution in [-0.2, 0) is 6.54 Å². The van der Waals surface area contributed by atoms with E-state index in [1.54, 1.807) is 3.96 Å². The molecule has 0 amide bonds. The lowest BCUT2D eigenvalue weighted by molar-refractivity contribution is 0.309. The molecule has 2 aromatic carbocycles. The molecular formula is C18H19NO2S. The van der Waals surface area contributed by atoms with Crippen molar-refractivity contribution in [1.82, 2.24) is 3.96 Å². The van der Waals surface area contributed by atoms with Gasteiger partial charge in [0.1, 0.15) is 5.75 Å². The minimum absolute atomic E-state index is 0.0869. The zero-order valence-corrected chi connectivity index (χ0v) is 13.4. The van der Waals surface area contributed by atoms with Gasteiger partial charge in [0.05, 0.1) is 23.2 Å². The fraction of sp³-hybridized carbons (Fsp3) is 0.278. The summed E-state index contributed by atoms with van der Waals surface area (Å²) in [5.74, 6) is 0.890. The molecule has 0 aliphatic rings.